The van der Waals surface area contributed by atoms with Crippen molar-refractivity contribution in [1.82, 2.24) is 0 Å². The van der Waals surface area contributed by atoms with Crippen LogP contribution in [0.25, 0.3) is 0 Å². The first-order chi connectivity index (χ1) is 9.60. The number of hydrogen-bond donors (Lipinski definition) is 1. The Morgan fingerprint density at radius 3 is 2.70 bits per heavy atom. The molecule has 0 radical (unpaired) electrons. The van der Waals surface area contributed by atoms with E-state index in [1.165, 1.54) is 7.11 Å². The Bertz CT molecular complexity index is 628. The lowest BCUT2D eigenvalue weighted by atomic mass is 10.2. The summed E-state index contributed by atoms with van der Waals surface area (Å²) in [5.41, 5.74) is 7.48. The Kier molecular flexibility index (Phi) is 4.63. The molecule has 5 heteroatoms. The number of hydrogen-bond acceptors (Lipinski definition) is 4. The number of halogens is 1. The summed E-state index contributed by atoms with van der Waals surface area (Å²) in [7, 11) is 1.52. The molecule has 4 nitrogen and oxygen atoms in total. The summed E-state index contributed by atoms with van der Waals surface area (Å²) in [6, 6.07) is 12.4. The van der Waals surface area contributed by atoms with Gasteiger partial charge in [0.15, 0.2) is 0 Å². The third-order valence-electron chi connectivity index (χ3n) is 2.72. The smallest absolute Gasteiger partial charge is 0.338 e. The van der Waals surface area contributed by atoms with Gasteiger partial charge in [-0.3, -0.25) is 0 Å². The number of methoxy groups -OCH3 is 1. The van der Waals surface area contributed by atoms with Gasteiger partial charge in [-0.05, 0) is 35.9 Å². The fourth-order valence-electron chi connectivity index (χ4n) is 1.72. The molecule has 2 N–H and O–H groups in total. The van der Waals surface area contributed by atoms with Crippen molar-refractivity contribution in [3.63, 3.8) is 0 Å². The van der Waals surface area contributed by atoms with E-state index in [0.29, 0.717) is 17.0 Å². The second-order valence-corrected chi connectivity index (χ2v) is 5.08. The second-order valence-electron chi connectivity index (χ2n) is 4.16. The molecule has 0 heterocycles. The number of carbonyl (C=O) groups excluding carboxylic acids is 1. The third kappa shape index (κ3) is 3.51. The van der Waals surface area contributed by atoms with Gasteiger partial charge in [-0.25, -0.2) is 4.79 Å². The maximum Gasteiger partial charge on any atom is 0.338 e. The molecule has 0 aliphatic heterocycles. The Hall–Kier alpha value is -2.01. The molecule has 2 rings (SSSR count). The average molecular weight is 336 g/mol. The number of ether oxygens (including phenoxy) is 2. The van der Waals surface area contributed by atoms with E-state index in [-0.39, 0.29) is 6.61 Å². The molecule has 0 saturated heterocycles. The van der Waals surface area contributed by atoms with E-state index in [1.807, 2.05) is 24.3 Å². The highest BCUT2D eigenvalue weighted by molar-refractivity contribution is 9.10. The topological polar surface area (TPSA) is 61.5 Å². The highest BCUT2D eigenvalue weighted by Gasteiger charge is 2.10. The minimum atomic E-state index is -0.417. The molecule has 0 spiro atoms. The quantitative estimate of drug-likeness (QED) is 0.687. The molecular formula is C15H14BrNO3. The summed E-state index contributed by atoms with van der Waals surface area (Å²) in [5.74, 6) is 0.118. The molecule has 0 saturated carbocycles. The maximum absolute atomic E-state index is 11.9. The van der Waals surface area contributed by atoms with Gasteiger partial charge >= 0.3 is 5.97 Å². The zero-order chi connectivity index (χ0) is 14.5. The SMILES string of the molecule is COc1ccc(C(=O)OCc2cccc(Br)c2)cc1N. The van der Waals surface area contributed by atoms with Crippen LogP contribution in [0.3, 0.4) is 0 Å². The Morgan fingerprint density at radius 2 is 2.05 bits per heavy atom. The number of rotatable bonds is 4. The van der Waals surface area contributed by atoms with Crippen LogP contribution in [0.2, 0.25) is 0 Å². The van der Waals surface area contributed by atoms with Gasteiger partial charge in [0.1, 0.15) is 12.4 Å². The molecule has 0 aromatic heterocycles. The molecule has 0 unspecified atom stereocenters. The first kappa shape index (κ1) is 14.4. The highest BCUT2D eigenvalue weighted by atomic mass is 79.9. The van der Waals surface area contributed by atoms with E-state index >= 15 is 0 Å². The molecule has 0 atom stereocenters. The summed E-state index contributed by atoms with van der Waals surface area (Å²) in [6.45, 7) is 0.213. The van der Waals surface area contributed by atoms with E-state index in [9.17, 15) is 4.79 Å². The lowest BCUT2D eigenvalue weighted by molar-refractivity contribution is 0.0472. The maximum atomic E-state index is 11.9. The Morgan fingerprint density at radius 1 is 1.25 bits per heavy atom. The number of nitrogens with two attached hydrogens (primary N) is 1. The molecule has 0 amide bonds. The third-order valence-corrected chi connectivity index (χ3v) is 3.22. The zero-order valence-corrected chi connectivity index (χ0v) is 12.5. The molecule has 2 aromatic rings. The number of benzene rings is 2. The zero-order valence-electron chi connectivity index (χ0n) is 10.9. The summed E-state index contributed by atoms with van der Waals surface area (Å²) < 4.78 is 11.2. The lowest BCUT2D eigenvalue weighted by Gasteiger charge is -2.08. The minimum absolute atomic E-state index is 0.213. The van der Waals surface area contributed by atoms with Crippen LogP contribution < -0.4 is 10.5 Å². The molecular weight excluding hydrogens is 322 g/mol. The summed E-state index contributed by atoms with van der Waals surface area (Å²) in [5, 5.41) is 0. The lowest BCUT2D eigenvalue weighted by Crippen LogP contribution is -2.06. The first-order valence-corrected chi connectivity index (χ1v) is 6.74. The predicted molar refractivity (Wildman–Crippen MR) is 80.7 cm³/mol. The molecule has 104 valence electrons. The fourth-order valence-corrected chi connectivity index (χ4v) is 2.17. The van der Waals surface area contributed by atoms with Crippen LogP contribution in [0, 0.1) is 0 Å². The van der Waals surface area contributed by atoms with Crippen LogP contribution in [0.5, 0.6) is 5.75 Å². The summed E-state index contributed by atoms with van der Waals surface area (Å²) in [6.07, 6.45) is 0. The monoisotopic (exact) mass is 335 g/mol. The number of carbonyl (C=O) groups is 1. The van der Waals surface area contributed by atoms with Crippen LogP contribution >= 0.6 is 15.9 Å². The van der Waals surface area contributed by atoms with Gasteiger partial charge in [-0.15, -0.1) is 0 Å². The van der Waals surface area contributed by atoms with Crippen molar-refractivity contribution >= 4 is 27.6 Å². The summed E-state index contributed by atoms with van der Waals surface area (Å²) in [4.78, 5) is 11.9. The summed E-state index contributed by atoms with van der Waals surface area (Å²) >= 11 is 3.37. The highest BCUT2D eigenvalue weighted by Crippen LogP contribution is 2.22. The van der Waals surface area contributed by atoms with Crippen molar-refractivity contribution in [1.29, 1.82) is 0 Å². The van der Waals surface area contributed by atoms with Crippen LogP contribution in [-0.4, -0.2) is 13.1 Å². The van der Waals surface area contributed by atoms with Gasteiger partial charge in [-0.2, -0.15) is 0 Å². The van der Waals surface area contributed by atoms with E-state index in [1.54, 1.807) is 18.2 Å². The van der Waals surface area contributed by atoms with Crippen molar-refractivity contribution in [2.24, 2.45) is 0 Å². The van der Waals surface area contributed by atoms with Crippen molar-refractivity contribution in [2.75, 3.05) is 12.8 Å². The number of nitrogen functional groups attached to an aromatic ring is 1. The molecule has 0 aliphatic rings. The van der Waals surface area contributed by atoms with Crippen molar-refractivity contribution in [3.8, 4) is 5.75 Å². The molecule has 0 bridgehead atoms. The van der Waals surface area contributed by atoms with Gasteiger partial charge in [0.25, 0.3) is 0 Å². The van der Waals surface area contributed by atoms with E-state index < -0.39 is 5.97 Å². The van der Waals surface area contributed by atoms with Crippen LogP contribution in [-0.2, 0) is 11.3 Å². The van der Waals surface area contributed by atoms with Crippen molar-refractivity contribution in [2.45, 2.75) is 6.61 Å². The van der Waals surface area contributed by atoms with E-state index in [0.717, 1.165) is 10.0 Å². The Balaban J connectivity index is 2.03. The van der Waals surface area contributed by atoms with Gasteiger partial charge < -0.3 is 15.2 Å². The Labute approximate surface area is 125 Å². The fraction of sp³-hybridized carbons (Fsp3) is 0.133. The van der Waals surface area contributed by atoms with Crippen molar-refractivity contribution in [3.05, 3.63) is 58.1 Å². The van der Waals surface area contributed by atoms with Gasteiger partial charge in [-0.1, -0.05) is 28.1 Å². The van der Waals surface area contributed by atoms with E-state index in [4.69, 9.17) is 15.2 Å². The van der Waals surface area contributed by atoms with Gasteiger partial charge in [0.05, 0.1) is 18.4 Å². The minimum Gasteiger partial charge on any atom is -0.495 e. The van der Waals surface area contributed by atoms with Gasteiger partial charge in [0, 0.05) is 4.47 Å². The van der Waals surface area contributed by atoms with Gasteiger partial charge in [0.2, 0.25) is 0 Å². The number of esters is 1. The van der Waals surface area contributed by atoms with Crippen LogP contribution in [0.1, 0.15) is 15.9 Å². The largest absolute Gasteiger partial charge is 0.495 e. The molecule has 20 heavy (non-hydrogen) atoms. The van der Waals surface area contributed by atoms with Crippen LogP contribution in [0.4, 0.5) is 5.69 Å². The molecule has 0 aliphatic carbocycles. The second kappa shape index (κ2) is 6.43. The number of anilines is 1. The van der Waals surface area contributed by atoms with Crippen LogP contribution in [0.15, 0.2) is 46.9 Å². The van der Waals surface area contributed by atoms with Crippen molar-refractivity contribution < 1.29 is 14.3 Å². The normalized spacial score (nSPS) is 10.1. The standard InChI is InChI=1S/C15H14BrNO3/c1-19-14-6-5-11(8-13(14)17)15(18)20-9-10-3-2-4-12(16)7-10/h2-8H,9,17H2,1H3. The van der Waals surface area contributed by atoms with E-state index in [2.05, 4.69) is 15.9 Å². The first-order valence-electron chi connectivity index (χ1n) is 5.95. The molecule has 2 aromatic carbocycles. The molecule has 0 fully saturated rings. The predicted octanol–water partition coefficient (Wildman–Crippen LogP) is 3.40. The average Bonchev–Trinajstić information content (AvgIpc) is 2.44.